The van der Waals surface area contributed by atoms with Crippen molar-refractivity contribution in [1.29, 1.82) is 0 Å². The first-order valence-electron chi connectivity index (χ1n) is 28.7. The molecular weight excluding hydrogens is 913 g/mol. The summed E-state index contributed by atoms with van der Waals surface area (Å²) >= 11 is 3.00. The number of hydrogen-bond donors (Lipinski definition) is 0. The number of amides is 2. The number of anilines is 2. The van der Waals surface area contributed by atoms with Crippen LogP contribution in [0.15, 0.2) is 89.1 Å². The molecular formula is C61H86N6O2S2. The standard InChI is InChI=1S/C61H86N6O2S2/c1-3-5-7-9-11-13-15-17-19-21-23-25-27-29-34-44-51-56(58(68)66(64-51)60-62-49-42-36-38-46-53(49)70-60)55(48-40-32-31-33-41-48)57-52(65-67(59(57)69)61-63-50-43-37-39-47-54(50)71-61)45-35-30-28-26-24-22-20-18-16-14-12-10-8-6-4-2/h31-33,36-43,46-47,55-57H,3-30,34-35,44-45H2,1-2H3. The van der Waals surface area contributed by atoms with Gasteiger partial charge in [-0.05, 0) is 55.5 Å². The van der Waals surface area contributed by atoms with Crippen LogP contribution in [0.4, 0.5) is 10.3 Å². The van der Waals surface area contributed by atoms with Crippen LogP contribution in [0, 0.1) is 11.8 Å². The number of thiazole rings is 2. The number of nitrogens with zero attached hydrogens (tertiary/aromatic N) is 6. The van der Waals surface area contributed by atoms with Crippen molar-refractivity contribution in [1.82, 2.24) is 9.97 Å². The van der Waals surface area contributed by atoms with Gasteiger partial charge in [0.25, 0.3) is 11.8 Å². The third-order valence-electron chi connectivity index (χ3n) is 15.0. The van der Waals surface area contributed by atoms with Crippen molar-refractivity contribution in [3.63, 3.8) is 0 Å². The van der Waals surface area contributed by atoms with Gasteiger partial charge >= 0.3 is 0 Å². The molecule has 7 rings (SSSR count). The summed E-state index contributed by atoms with van der Waals surface area (Å²) in [6.07, 6.45) is 40.3. The molecule has 2 unspecified atom stereocenters. The van der Waals surface area contributed by atoms with Gasteiger partial charge in [-0.2, -0.15) is 20.2 Å². The summed E-state index contributed by atoms with van der Waals surface area (Å²) in [6, 6.07) is 26.4. The maximum absolute atomic E-state index is 15.3. The summed E-state index contributed by atoms with van der Waals surface area (Å²) in [6.45, 7) is 4.57. The summed E-state index contributed by atoms with van der Waals surface area (Å²) < 4.78 is 2.04. The number of hydrogen-bond acceptors (Lipinski definition) is 8. The minimum Gasteiger partial charge on any atom is -0.272 e. The number of benzene rings is 3. The van der Waals surface area contributed by atoms with E-state index in [0.29, 0.717) is 23.1 Å². The summed E-state index contributed by atoms with van der Waals surface area (Å²) in [4.78, 5) is 40.5. The molecule has 0 N–H and O–H groups in total. The van der Waals surface area contributed by atoms with Crippen molar-refractivity contribution in [3.05, 3.63) is 84.4 Å². The van der Waals surface area contributed by atoms with E-state index < -0.39 is 17.8 Å². The second kappa shape index (κ2) is 30.7. The lowest BCUT2D eigenvalue weighted by Gasteiger charge is -2.29. The molecule has 71 heavy (non-hydrogen) atoms. The number of carbonyl (C=O) groups is 2. The monoisotopic (exact) mass is 999 g/mol. The first kappa shape index (κ1) is 54.5. The molecule has 5 aromatic rings. The fraction of sp³-hybridized carbons (Fsp3) is 0.607. The van der Waals surface area contributed by atoms with E-state index in [1.165, 1.54) is 190 Å². The molecule has 10 heteroatoms. The number of para-hydroxylation sites is 2. The van der Waals surface area contributed by atoms with Crippen LogP contribution >= 0.6 is 22.7 Å². The Morgan fingerprint density at radius 3 is 1.06 bits per heavy atom. The third kappa shape index (κ3) is 16.4. The van der Waals surface area contributed by atoms with Crippen LogP contribution < -0.4 is 10.0 Å². The van der Waals surface area contributed by atoms with E-state index in [0.717, 1.165) is 63.1 Å². The average molecular weight is 1000 g/mol. The van der Waals surface area contributed by atoms with Gasteiger partial charge in [-0.1, -0.05) is 271 Å². The molecule has 0 spiro atoms. The van der Waals surface area contributed by atoms with Crippen LogP contribution in [0.25, 0.3) is 20.4 Å². The Balaban J connectivity index is 1.03. The van der Waals surface area contributed by atoms with E-state index in [-0.39, 0.29) is 11.8 Å². The zero-order valence-corrected chi connectivity index (χ0v) is 45.3. The Kier molecular flexibility index (Phi) is 23.5. The van der Waals surface area contributed by atoms with Crippen LogP contribution in [0.5, 0.6) is 0 Å². The first-order chi connectivity index (χ1) is 35.1. The van der Waals surface area contributed by atoms with Gasteiger partial charge in [-0.15, -0.1) is 0 Å². The van der Waals surface area contributed by atoms with Crippen LogP contribution in [0.1, 0.15) is 231 Å². The Morgan fingerprint density at radius 2 is 0.718 bits per heavy atom. The number of fused-ring (bicyclic) bond motifs is 2. The van der Waals surface area contributed by atoms with Crippen molar-refractivity contribution in [2.24, 2.45) is 22.0 Å². The zero-order valence-electron chi connectivity index (χ0n) is 43.7. The van der Waals surface area contributed by atoms with Gasteiger partial charge in [0.05, 0.1) is 43.7 Å². The maximum atomic E-state index is 15.3. The molecule has 0 bridgehead atoms. The number of carbonyl (C=O) groups excluding carboxylic acids is 2. The smallest absolute Gasteiger partial charge is 0.259 e. The van der Waals surface area contributed by atoms with E-state index in [2.05, 4.69) is 38.1 Å². The van der Waals surface area contributed by atoms with E-state index in [4.69, 9.17) is 20.2 Å². The highest BCUT2D eigenvalue weighted by molar-refractivity contribution is 7.22. The fourth-order valence-corrected chi connectivity index (χ4v) is 12.8. The van der Waals surface area contributed by atoms with Crippen molar-refractivity contribution < 1.29 is 9.59 Å². The van der Waals surface area contributed by atoms with E-state index in [1.54, 1.807) is 10.0 Å². The molecule has 0 radical (unpaired) electrons. The summed E-state index contributed by atoms with van der Waals surface area (Å²) in [5.41, 5.74) is 4.40. The quantitative estimate of drug-likeness (QED) is 0.0371. The molecule has 2 amide bonds. The first-order valence-corrected chi connectivity index (χ1v) is 30.3. The lowest BCUT2D eigenvalue weighted by molar-refractivity contribution is -0.122. The van der Waals surface area contributed by atoms with Crippen LogP contribution in [0.2, 0.25) is 0 Å². The van der Waals surface area contributed by atoms with Gasteiger partial charge in [-0.25, -0.2) is 9.97 Å². The number of rotatable bonds is 37. The summed E-state index contributed by atoms with van der Waals surface area (Å²) in [7, 11) is 0. The van der Waals surface area contributed by atoms with Crippen LogP contribution in [0.3, 0.4) is 0 Å². The van der Waals surface area contributed by atoms with Gasteiger partial charge < -0.3 is 0 Å². The van der Waals surface area contributed by atoms with E-state index >= 15 is 9.59 Å². The summed E-state index contributed by atoms with van der Waals surface area (Å²) in [5, 5.41) is 14.7. The molecule has 0 aliphatic carbocycles. The van der Waals surface area contributed by atoms with Gasteiger partial charge in [0.2, 0.25) is 10.3 Å². The predicted octanol–water partition coefficient (Wildman–Crippen LogP) is 18.6. The third-order valence-corrected chi connectivity index (χ3v) is 17.1. The molecule has 4 heterocycles. The minimum absolute atomic E-state index is 0.105. The molecule has 0 saturated heterocycles. The van der Waals surface area contributed by atoms with E-state index in [1.807, 2.05) is 54.6 Å². The van der Waals surface area contributed by atoms with Crippen LogP contribution in [-0.2, 0) is 9.59 Å². The second-order valence-corrected chi connectivity index (χ2v) is 22.7. The van der Waals surface area contributed by atoms with Crippen molar-refractivity contribution >= 4 is 76.6 Å². The molecule has 3 aromatic carbocycles. The Labute approximate surface area is 435 Å². The Bertz CT molecular complexity index is 2180. The highest BCUT2D eigenvalue weighted by Gasteiger charge is 2.52. The molecule has 384 valence electrons. The minimum atomic E-state index is -0.633. The lowest BCUT2D eigenvalue weighted by Crippen LogP contribution is -2.41. The van der Waals surface area contributed by atoms with Crippen molar-refractivity contribution in [2.45, 2.75) is 225 Å². The van der Waals surface area contributed by atoms with E-state index in [9.17, 15) is 0 Å². The molecule has 2 aliphatic rings. The van der Waals surface area contributed by atoms with Gasteiger partial charge in [0.15, 0.2) is 0 Å². The molecule has 8 nitrogen and oxygen atoms in total. The lowest BCUT2D eigenvalue weighted by atomic mass is 9.71. The molecule has 2 aromatic heterocycles. The molecule has 0 saturated carbocycles. The normalized spacial score (nSPS) is 16.5. The zero-order chi connectivity index (χ0) is 49.3. The molecule has 0 fully saturated rings. The maximum Gasteiger partial charge on any atom is 0.259 e. The number of hydrazone groups is 2. The molecule has 2 aliphatic heterocycles. The summed E-state index contributed by atoms with van der Waals surface area (Å²) in [5.74, 6) is -1.96. The molecule has 2 atom stereocenters. The number of unbranched alkanes of at least 4 members (excludes halogenated alkanes) is 28. The van der Waals surface area contributed by atoms with Crippen molar-refractivity contribution in [2.75, 3.05) is 10.0 Å². The van der Waals surface area contributed by atoms with Crippen LogP contribution in [-0.4, -0.2) is 33.2 Å². The second-order valence-electron chi connectivity index (χ2n) is 20.7. The van der Waals surface area contributed by atoms with Crippen molar-refractivity contribution in [3.8, 4) is 0 Å². The SMILES string of the molecule is CCCCCCCCCCCCCCCCCC1=NN(c2nc3ccccc3s2)C(=O)C1C(c1ccccc1)C1C(=O)N(c2nc3ccccc3s2)N=C1CCCCCCCCCCCCCCCCC. The Hall–Kier alpha value is -4.28. The topological polar surface area (TPSA) is 91.1 Å². The number of aromatic nitrogens is 2. The fourth-order valence-electron chi connectivity index (χ4n) is 10.9. The van der Waals surface area contributed by atoms with Gasteiger partial charge in [-0.3, -0.25) is 9.59 Å². The largest absolute Gasteiger partial charge is 0.272 e. The van der Waals surface area contributed by atoms with Gasteiger partial charge in [0, 0.05) is 5.92 Å². The highest BCUT2D eigenvalue weighted by atomic mass is 32.1. The Morgan fingerprint density at radius 1 is 0.408 bits per heavy atom. The van der Waals surface area contributed by atoms with Gasteiger partial charge in [0.1, 0.15) is 0 Å². The highest BCUT2D eigenvalue weighted by Crippen LogP contribution is 2.46. The average Bonchev–Trinajstić information content (AvgIpc) is 4.18. The predicted molar refractivity (Wildman–Crippen MR) is 304 cm³/mol.